The lowest BCUT2D eigenvalue weighted by Gasteiger charge is -2.25. The van der Waals surface area contributed by atoms with Crippen LogP contribution >= 0.6 is 11.8 Å². The molecule has 0 spiro atoms. The molecule has 7 nitrogen and oxygen atoms in total. The Morgan fingerprint density at radius 2 is 1.59 bits per heavy atom. The van der Waals surface area contributed by atoms with Gasteiger partial charge in [-0.2, -0.15) is 11.8 Å². The van der Waals surface area contributed by atoms with Gasteiger partial charge in [0.05, 0.1) is 6.04 Å². The van der Waals surface area contributed by atoms with Crippen molar-refractivity contribution in [2.75, 3.05) is 19.1 Å². The van der Waals surface area contributed by atoms with Crippen LogP contribution in [0.1, 0.15) is 32.3 Å². The van der Waals surface area contributed by atoms with Gasteiger partial charge >= 0.3 is 5.97 Å². The SMILES string of the molecule is CN[C@@H](CCSC)C(=O)N[C@@H](CC(C)C)C(=O)N[C@@H](Cc1ccccc1)C(=O)O. The highest BCUT2D eigenvalue weighted by Gasteiger charge is 2.29. The normalized spacial score (nSPS) is 14.1. The van der Waals surface area contributed by atoms with E-state index in [0.717, 1.165) is 11.3 Å². The van der Waals surface area contributed by atoms with Crippen LogP contribution < -0.4 is 16.0 Å². The molecule has 8 heteroatoms. The second kappa shape index (κ2) is 13.2. The Bertz CT molecular complexity index is 655. The molecule has 162 valence electrons. The lowest BCUT2D eigenvalue weighted by atomic mass is 10.0. The topological polar surface area (TPSA) is 108 Å². The van der Waals surface area contributed by atoms with E-state index in [-0.39, 0.29) is 18.2 Å². The van der Waals surface area contributed by atoms with E-state index in [4.69, 9.17) is 0 Å². The van der Waals surface area contributed by atoms with Gasteiger partial charge in [-0.3, -0.25) is 9.59 Å². The van der Waals surface area contributed by atoms with Crippen LogP contribution in [0.3, 0.4) is 0 Å². The first-order valence-corrected chi connectivity index (χ1v) is 11.2. The van der Waals surface area contributed by atoms with Crippen LogP contribution in [0.2, 0.25) is 0 Å². The first-order valence-electron chi connectivity index (χ1n) is 9.82. The van der Waals surface area contributed by atoms with Crippen LogP contribution in [0.4, 0.5) is 0 Å². The van der Waals surface area contributed by atoms with Crippen LogP contribution in [0.25, 0.3) is 0 Å². The molecule has 1 aromatic carbocycles. The molecule has 0 saturated carbocycles. The molecule has 0 saturated heterocycles. The number of thioether (sulfide) groups is 1. The van der Waals surface area contributed by atoms with Crippen molar-refractivity contribution in [1.82, 2.24) is 16.0 Å². The van der Waals surface area contributed by atoms with Gasteiger partial charge in [0, 0.05) is 6.42 Å². The van der Waals surface area contributed by atoms with Crippen molar-refractivity contribution in [2.24, 2.45) is 5.92 Å². The molecule has 3 atom stereocenters. The quantitative estimate of drug-likeness (QED) is 0.384. The number of carboxylic acid groups (broad SMARTS) is 1. The summed E-state index contributed by atoms with van der Waals surface area (Å²) in [4.78, 5) is 37.1. The molecule has 1 rings (SSSR count). The molecule has 0 aliphatic heterocycles. The molecule has 0 aliphatic rings. The number of benzene rings is 1. The fourth-order valence-corrected chi connectivity index (χ4v) is 3.41. The van der Waals surface area contributed by atoms with E-state index < -0.39 is 30.0 Å². The smallest absolute Gasteiger partial charge is 0.326 e. The van der Waals surface area contributed by atoms with Crippen molar-refractivity contribution in [3.8, 4) is 0 Å². The van der Waals surface area contributed by atoms with E-state index in [0.29, 0.717) is 12.8 Å². The van der Waals surface area contributed by atoms with Crippen molar-refractivity contribution < 1.29 is 19.5 Å². The number of aliphatic carboxylic acids is 1. The number of amides is 2. The summed E-state index contributed by atoms with van der Waals surface area (Å²) in [6.07, 6.45) is 3.22. The summed E-state index contributed by atoms with van der Waals surface area (Å²) in [6.45, 7) is 3.91. The number of carbonyl (C=O) groups is 3. The third-order valence-corrected chi connectivity index (χ3v) is 5.16. The summed E-state index contributed by atoms with van der Waals surface area (Å²) in [5.74, 6) is -0.863. The minimum Gasteiger partial charge on any atom is -0.480 e. The largest absolute Gasteiger partial charge is 0.480 e. The second-order valence-electron chi connectivity index (χ2n) is 7.40. The lowest BCUT2D eigenvalue weighted by Crippen LogP contribution is -2.55. The Hall–Kier alpha value is -2.06. The zero-order valence-corrected chi connectivity index (χ0v) is 18.4. The van der Waals surface area contributed by atoms with Crippen LogP contribution in [-0.4, -0.2) is 60.1 Å². The van der Waals surface area contributed by atoms with E-state index in [2.05, 4.69) is 16.0 Å². The standard InChI is InChI=1S/C21H33N3O4S/c1-14(2)12-17(23-19(25)16(22-3)10-11-29-4)20(26)24-18(21(27)28)13-15-8-6-5-7-9-15/h5-9,14,16-18,22H,10-13H2,1-4H3,(H,23,25)(H,24,26)(H,27,28)/t16-,17-,18-/m0/s1. The number of hydrogen-bond acceptors (Lipinski definition) is 5. The van der Waals surface area contributed by atoms with Gasteiger partial charge in [0.25, 0.3) is 0 Å². The first kappa shape index (κ1) is 25.0. The average Bonchev–Trinajstić information content (AvgIpc) is 2.67. The van der Waals surface area contributed by atoms with Crippen molar-refractivity contribution in [1.29, 1.82) is 0 Å². The Balaban J connectivity index is 2.84. The molecule has 0 radical (unpaired) electrons. The minimum absolute atomic E-state index is 0.155. The van der Waals surface area contributed by atoms with Gasteiger partial charge in [0.1, 0.15) is 12.1 Å². The molecule has 2 amide bonds. The first-order chi connectivity index (χ1) is 13.8. The summed E-state index contributed by atoms with van der Waals surface area (Å²) >= 11 is 1.65. The van der Waals surface area contributed by atoms with Crippen molar-refractivity contribution in [3.05, 3.63) is 35.9 Å². The van der Waals surface area contributed by atoms with E-state index in [1.807, 2.05) is 50.4 Å². The summed E-state index contributed by atoms with van der Waals surface area (Å²) in [7, 11) is 1.71. The number of hydrogen-bond donors (Lipinski definition) is 4. The van der Waals surface area contributed by atoms with E-state index in [1.165, 1.54) is 0 Å². The van der Waals surface area contributed by atoms with Gasteiger partial charge in [-0.25, -0.2) is 4.79 Å². The molecule has 0 bridgehead atoms. The summed E-state index contributed by atoms with van der Waals surface area (Å²) in [5.41, 5.74) is 0.817. The van der Waals surface area contributed by atoms with Crippen LogP contribution in [0.15, 0.2) is 30.3 Å². The van der Waals surface area contributed by atoms with E-state index >= 15 is 0 Å². The predicted molar refractivity (Wildman–Crippen MR) is 117 cm³/mol. The van der Waals surface area contributed by atoms with Gasteiger partial charge in [-0.1, -0.05) is 44.2 Å². The summed E-state index contributed by atoms with van der Waals surface area (Å²) < 4.78 is 0. The van der Waals surface area contributed by atoms with Gasteiger partial charge in [0.2, 0.25) is 11.8 Å². The van der Waals surface area contributed by atoms with Gasteiger partial charge in [0.15, 0.2) is 0 Å². The Morgan fingerprint density at radius 1 is 1.00 bits per heavy atom. The Kier molecular flexibility index (Phi) is 11.4. The van der Waals surface area contributed by atoms with E-state index in [1.54, 1.807) is 18.8 Å². The van der Waals surface area contributed by atoms with Gasteiger partial charge < -0.3 is 21.1 Å². The van der Waals surface area contributed by atoms with Crippen molar-refractivity contribution in [2.45, 2.75) is 51.2 Å². The van der Waals surface area contributed by atoms with Gasteiger partial charge in [-0.15, -0.1) is 0 Å². The monoisotopic (exact) mass is 423 g/mol. The lowest BCUT2D eigenvalue weighted by molar-refractivity contribution is -0.142. The Morgan fingerprint density at radius 3 is 2.10 bits per heavy atom. The highest BCUT2D eigenvalue weighted by Crippen LogP contribution is 2.09. The molecular formula is C21H33N3O4S. The van der Waals surface area contributed by atoms with E-state index in [9.17, 15) is 19.5 Å². The van der Waals surface area contributed by atoms with Crippen LogP contribution in [-0.2, 0) is 20.8 Å². The van der Waals surface area contributed by atoms with Crippen LogP contribution in [0, 0.1) is 5.92 Å². The van der Waals surface area contributed by atoms with Crippen molar-refractivity contribution in [3.63, 3.8) is 0 Å². The summed E-state index contributed by atoms with van der Waals surface area (Å²) in [5, 5.41) is 17.9. The fourth-order valence-electron chi connectivity index (χ4n) is 2.94. The van der Waals surface area contributed by atoms with Crippen molar-refractivity contribution >= 4 is 29.5 Å². The molecule has 0 aliphatic carbocycles. The molecule has 0 unspecified atom stereocenters. The average molecular weight is 424 g/mol. The third-order valence-electron chi connectivity index (χ3n) is 4.51. The molecule has 4 N–H and O–H groups in total. The number of rotatable bonds is 13. The Labute approximate surface area is 177 Å². The molecule has 29 heavy (non-hydrogen) atoms. The number of carbonyl (C=O) groups excluding carboxylic acids is 2. The highest BCUT2D eigenvalue weighted by atomic mass is 32.2. The molecule has 0 fully saturated rings. The van der Waals surface area contributed by atoms with Gasteiger partial charge in [-0.05, 0) is 43.4 Å². The third kappa shape index (κ3) is 9.32. The minimum atomic E-state index is -1.11. The number of carboxylic acids is 1. The maximum absolute atomic E-state index is 12.8. The highest BCUT2D eigenvalue weighted by molar-refractivity contribution is 7.98. The number of nitrogens with one attached hydrogen (secondary N) is 3. The summed E-state index contributed by atoms with van der Waals surface area (Å²) in [6, 6.07) is 6.88. The molecule has 0 aromatic heterocycles. The molecular weight excluding hydrogens is 390 g/mol. The maximum atomic E-state index is 12.8. The second-order valence-corrected chi connectivity index (χ2v) is 8.39. The zero-order chi connectivity index (χ0) is 21.8. The zero-order valence-electron chi connectivity index (χ0n) is 17.6. The number of likely N-dealkylation sites (N-methyl/N-ethyl adjacent to an activating group) is 1. The molecule has 1 aromatic rings. The fraction of sp³-hybridized carbons (Fsp3) is 0.571. The predicted octanol–water partition coefficient (Wildman–Crippen LogP) is 1.67. The molecule has 0 heterocycles. The maximum Gasteiger partial charge on any atom is 0.326 e. The van der Waals surface area contributed by atoms with Crippen LogP contribution in [0.5, 0.6) is 0 Å².